The molecular formula is C11H20N2O3. The largest absolute Gasteiger partial charge is 0.376 e. The van der Waals surface area contributed by atoms with Crippen molar-refractivity contribution in [1.29, 1.82) is 0 Å². The summed E-state index contributed by atoms with van der Waals surface area (Å²) < 4.78 is 10.6. The van der Waals surface area contributed by atoms with Crippen LogP contribution in [0.3, 0.4) is 0 Å². The SMILES string of the molecule is COC(C)C(=O)NC1C(N)C2CCCOC21. The first-order valence-corrected chi connectivity index (χ1v) is 5.85. The highest BCUT2D eigenvalue weighted by molar-refractivity contribution is 5.80. The number of nitrogens with one attached hydrogen (secondary N) is 1. The number of fused-ring (bicyclic) bond motifs is 1. The predicted molar refractivity (Wildman–Crippen MR) is 58.8 cm³/mol. The number of amides is 1. The van der Waals surface area contributed by atoms with E-state index in [0.717, 1.165) is 19.4 Å². The maximum Gasteiger partial charge on any atom is 0.249 e. The highest BCUT2D eigenvalue weighted by Crippen LogP contribution is 2.36. The van der Waals surface area contributed by atoms with Gasteiger partial charge in [-0.25, -0.2) is 0 Å². The third-order valence-electron chi connectivity index (χ3n) is 3.71. The average Bonchev–Trinajstić information content (AvgIpc) is 2.34. The van der Waals surface area contributed by atoms with Crippen LogP contribution >= 0.6 is 0 Å². The van der Waals surface area contributed by atoms with E-state index in [2.05, 4.69) is 5.32 Å². The second-order valence-electron chi connectivity index (χ2n) is 4.63. The van der Waals surface area contributed by atoms with E-state index in [1.807, 2.05) is 0 Å². The summed E-state index contributed by atoms with van der Waals surface area (Å²) in [6.07, 6.45) is 1.86. The molecule has 1 aliphatic carbocycles. The van der Waals surface area contributed by atoms with Gasteiger partial charge in [0.2, 0.25) is 5.91 Å². The Bertz CT molecular complexity index is 272. The zero-order chi connectivity index (χ0) is 11.7. The van der Waals surface area contributed by atoms with E-state index >= 15 is 0 Å². The summed E-state index contributed by atoms with van der Waals surface area (Å²) in [6.45, 7) is 2.50. The van der Waals surface area contributed by atoms with E-state index in [0.29, 0.717) is 5.92 Å². The molecule has 2 aliphatic rings. The molecule has 0 radical (unpaired) electrons. The molecule has 2 rings (SSSR count). The molecule has 5 heteroatoms. The third kappa shape index (κ3) is 1.95. The van der Waals surface area contributed by atoms with E-state index in [-0.39, 0.29) is 24.1 Å². The Hall–Kier alpha value is -0.650. The van der Waals surface area contributed by atoms with Gasteiger partial charge in [0, 0.05) is 25.7 Å². The number of hydrogen-bond donors (Lipinski definition) is 2. The fourth-order valence-corrected chi connectivity index (χ4v) is 2.51. The molecule has 5 atom stereocenters. The van der Waals surface area contributed by atoms with Gasteiger partial charge in [-0.3, -0.25) is 4.79 Å². The molecule has 0 bridgehead atoms. The molecule has 3 N–H and O–H groups in total. The molecule has 1 aliphatic heterocycles. The van der Waals surface area contributed by atoms with Crippen molar-refractivity contribution in [1.82, 2.24) is 5.32 Å². The van der Waals surface area contributed by atoms with Crippen LogP contribution in [0.4, 0.5) is 0 Å². The van der Waals surface area contributed by atoms with Crippen molar-refractivity contribution in [2.75, 3.05) is 13.7 Å². The molecule has 5 unspecified atom stereocenters. The standard InChI is InChI=1S/C11H20N2O3/c1-6(15-2)11(14)13-9-8(12)7-4-3-5-16-10(7)9/h6-10H,3-5,12H2,1-2H3,(H,13,14). The van der Waals surface area contributed by atoms with Crippen molar-refractivity contribution < 1.29 is 14.3 Å². The van der Waals surface area contributed by atoms with Gasteiger partial charge in [-0.05, 0) is 19.8 Å². The van der Waals surface area contributed by atoms with Crippen LogP contribution in [0.5, 0.6) is 0 Å². The van der Waals surface area contributed by atoms with Gasteiger partial charge in [-0.15, -0.1) is 0 Å². The lowest BCUT2D eigenvalue weighted by molar-refractivity contribution is -0.145. The molecular weight excluding hydrogens is 208 g/mol. The molecule has 16 heavy (non-hydrogen) atoms. The lowest BCUT2D eigenvalue weighted by Gasteiger charge is -2.52. The first-order chi connectivity index (χ1) is 7.65. The second-order valence-corrected chi connectivity index (χ2v) is 4.63. The number of carbonyl (C=O) groups is 1. The van der Waals surface area contributed by atoms with Crippen LogP contribution in [-0.4, -0.2) is 43.9 Å². The topological polar surface area (TPSA) is 73.6 Å². The lowest BCUT2D eigenvalue weighted by Crippen LogP contribution is -2.72. The van der Waals surface area contributed by atoms with Crippen molar-refractivity contribution in [2.45, 2.75) is 44.1 Å². The van der Waals surface area contributed by atoms with E-state index in [9.17, 15) is 4.79 Å². The van der Waals surface area contributed by atoms with Gasteiger partial charge < -0.3 is 20.5 Å². The first-order valence-electron chi connectivity index (χ1n) is 5.85. The fraction of sp³-hybridized carbons (Fsp3) is 0.909. The minimum absolute atomic E-state index is 0.0262. The van der Waals surface area contributed by atoms with Gasteiger partial charge in [-0.1, -0.05) is 0 Å². The normalized spacial score (nSPS) is 39.4. The van der Waals surface area contributed by atoms with Crippen LogP contribution in [-0.2, 0) is 14.3 Å². The van der Waals surface area contributed by atoms with Crippen molar-refractivity contribution >= 4 is 5.91 Å². The van der Waals surface area contributed by atoms with E-state index in [4.69, 9.17) is 15.2 Å². The van der Waals surface area contributed by atoms with Gasteiger partial charge in [0.25, 0.3) is 0 Å². The van der Waals surface area contributed by atoms with Gasteiger partial charge >= 0.3 is 0 Å². The Morgan fingerprint density at radius 3 is 3.06 bits per heavy atom. The molecule has 0 aromatic rings. The highest BCUT2D eigenvalue weighted by Gasteiger charge is 2.51. The first kappa shape index (κ1) is 11.8. The summed E-state index contributed by atoms with van der Waals surface area (Å²) in [4.78, 5) is 11.7. The van der Waals surface area contributed by atoms with Crippen molar-refractivity contribution in [2.24, 2.45) is 11.7 Å². The van der Waals surface area contributed by atoms with Crippen molar-refractivity contribution in [3.63, 3.8) is 0 Å². The van der Waals surface area contributed by atoms with Crippen LogP contribution < -0.4 is 11.1 Å². The van der Waals surface area contributed by atoms with Crippen LogP contribution in [0.2, 0.25) is 0 Å². The molecule has 0 aromatic carbocycles. The zero-order valence-electron chi connectivity index (χ0n) is 9.81. The predicted octanol–water partition coefficient (Wildman–Crippen LogP) is -0.358. The number of carbonyl (C=O) groups excluding carboxylic acids is 1. The monoisotopic (exact) mass is 228 g/mol. The maximum atomic E-state index is 11.7. The minimum Gasteiger partial charge on any atom is -0.376 e. The second kappa shape index (κ2) is 4.69. The molecule has 5 nitrogen and oxygen atoms in total. The summed E-state index contributed by atoms with van der Waals surface area (Å²) in [5, 5.41) is 2.90. The molecule has 0 aromatic heterocycles. The number of nitrogens with two attached hydrogens (primary N) is 1. The number of methoxy groups -OCH3 is 1. The number of ether oxygens (including phenoxy) is 2. The molecule has 92 valence electrons. The Morgan fingerprint density at radius 1 is 1.62 bits per heavy atom. The van der Waals surface area contributed by atoms with E-state index in [1.54, 1.807) is 6.92 Å². The van der Waals surface area contributed by atoms with Gasteiger partial charge in [0.15, 0.2) is 0 Å². The minimum atomic E-state index is -0.435. The third-order valence-corrected chi connectivity index (χ3v) is 3.71. The summed E-state index contributed by atoms with van der Waals surface area (Å²) >= 11 is 0. The van der Waals surface area contributed by atoms with Crippen molar-refractivity contribution in [3.8, 4) is 0 Å². The Balaban J connectivity index is 1.88. The Kier molecular flexibility index (Phi) is 3.47. The molecule has 1 amide bonds. The maximum absolute atomic E-state index is 11.7. The number of rotatable bonds is 3. The number of hydrogen-bond acceptors (Lipinski definition) is 4. The van der Waals surface area contributed by atoms with Crippen LogP contribution in [0.1, 0.15) is 19.8 Å². The Labute approximate surface area is 95.7 Å². The molecule has 2 fully saturated rings. The van der Waals surface area contributed by atoms with Crippen LogP contribution in [0.25, 0.3) is 0 Å². The van der Waals surface area contributed by atoms with Crippen LogP contribution in [0, 0.1) is 5.92 Å². The Morgan fingerprint density at radius 2 is 2.38 bits per heavy atom. The quantitative estimate of drug-likeness (QED) is 0.692. The fourth-order valence-electron chi connectivity index (χ4n) is 2.51. The summed E-state index contributed by atoms with van der Waals surface area (Å²) in [7, 11) is 1.52. The van der Waals surface area contributed by atoms with Crippen LogP contribution in [0.15, 0.2) is 0 Å². The summed E-state index contributed by atoms with van der Waals surface area (Å²) in [5.74, 6) is 0.299. The van der Waals surface area contributed by atoms with Gasteiger partial charge in [-0.2, -0.15) is 0 Å². The molecule has 1 saturated heterocycles. The smallest absolute Gasteiger partial charge is 0.249 e. The summed E-state index contributed by atoms with van der Waals surface area (Å²) in [5.41, 5.74) is 6.03. The molecule has 0 spiro atoms. The van der Waals surface area contributed by atoms with Gasteiger partial charge in [0.1, 0.15) is 6.10 Å². The van der Waals surface area contributed by atoms with E-state index < -0.39 is 6.10 Å². The average molecular weight is 228 g/mol. The van der Waals surface area contributed by atoms with Crippen molar-refractivity contribution in [3.05, 3.63) is 0 Å². The van der Waals surface area contributed by atoms with E-state index in [1.165, 1.54) is 7.11 Å². The molecule has 1 saturated carbocycles. The zero-order valence-corrected chi connectivity index (χ0v) is 9.81. The summed E-state index contributed by atoms with van der Waals surface area (Å²) in [6, 6.07) is -0.0197. The van der Waals surface area contributed by atoms with Gasteiger partial charge in [0.05, 0.1) is 12.1 Å². The highest BCUT2D eigenvalue weighted by atomic mass is 16.5. The molecule has 1 heterocycles. The lowest BCUT2D eigenvalue weighted by atomic mass is 9.68.